The number of nitrogens with zero attached hydrogens (tertiary/aromatic N) is 2. The number of hydrogen-bond donors (Lipinski definition) is 0. The lowest BCUT2D eigenvalue weighted by atomic mass is 9.81. The maximum absolute atomic E-state index is 2.98. The van der Waals surface area contributed by atoms with Gasteiger partial charge in [0, 0.05) is 39.3 Å². The van der Waals surface area contributed by atoms with Crippen molar-refractivity contribution in [2.75, 3.05) is 39.3 Å². The molecule has 0 amide bonds. The van der Waals surface area contributed by atoms with Crippen molar-refractivity contribution in [2.24, 2.45) is 35.5 Å². The van der Waals surface area contributed by atoms with Gasteiger partial charge in [0.15, 0.2) is 0 Å². The van der Waals surface area contributed by atoms with Crippen molar-refractivity contribution in [3.63, 3.8) is 0 Å². The molecule has 0 heterocycles. The zero-order chi connectivity index (χ0) is 31.0. The van der Waals surface area contributed by atoms with Crippen LogP contribution in [0.2, 0.25) is 0 Å². The molecule has 0 aliphatic heterocycles. The average molecular weight is 591 g/mol. The Hall–Kier alpha value is -0.0800. The summed E-state index contributed by atoms with van der Waals surface area (Å²) in [4.78, 5) is 5.95. The zero-order valence-corrected chi connectivity index (χ0v) is 30.7. The van der Waals surface area contributed by atoms with Crippen molar-refractivity contribution >= 4 is 0 Å². The Morgan fingerprint density at radius 2 is 0.643 bits per heavy atom. The van der Waals surface area contributed by atoms with E-state index in [-0.39, 0.29) is 0 Å². The van der Waals surface area contributed by atoms with Gasteiger partial charge in [-0.15, -0.1) is 0 Å². The molecule has 0 radical (unpaired) electrons. The third-order valence-corrected chi connectivity index (χ3v) is 11.2. The van der Waals surface area contributed by atoms with Gasteiger partial charge in [0.1, 0.15) is 0 Å². The summed E-state index contributed by atoms with van der Waals surface area (Å²) in [6.07, 6.45) is 28.1. The molecular formula is C40H82N2. The second-order valence-electron chi connectivity index (χ2n) is 15.0. The first kappa shape index (κ1) is 39.9. The first-order valence-corrected chi connectivity index (χ1v) is 19.9. The fourth-order valence-electron chi connectivity index (χ4n) is 7.90. The minimum atomic E-state index is 0.900. The van der Waals surface area contributed by atoms with Gasteiger partial charge in [-0.3, -0.25) is 0 Å². The molecule has 42 heavy (non-hydrogen) atoms. The Bertz CT molecular complexity index is 482. The molecular weight excluding hydrogens is 508 g/mol. The van der Waals surface area contributed by atoms with Gasteiger partial charge in [-0.1, -0.05) is 132 Å². The fourth-order valence-corrected chi connectivity index (χ4v) is 7.90. The lowest BCUT2D eigenvalue weighted by Gasteiger charge is -2.38. The van der Waals surface area contributed by atoms with E-state index < -0.39 is 0 Å². The Balaban J connectivity index is 2.80. The molecule has 1 fully saturated rings. The van der Waals surface area contributed by atoms with Crippen LogP contribution < -0.4 is 0 Å². The van der Waals surface area contributed by atoms with Crippen LogP contribution in [0.5, 0.6) is 0 Å². The van der Waals surface area contributed by atoms with E-state index in [1.165, 1.54) is 168 Å². The van der Waals surface area contributed by atoms with E-state index in [0.29, 0.717) is 0 Å². The lowest BCUT2D eigenvalue weighted by Crippen LogP contribution is -2.40. The van der Waals surface area contributed by atoms with Crippen LogP contribution in [0.4, 0.5) is 0 Å². The van der Waals surface area contributed by atoms with Gasteiger partial charge in [0.2, 0.25) is 0 Å². The highest BCUT2D eigenvalue weighted by molar-refractivity contribution is 4.81. The largest absolute Gasteiger partial charge is 0.303 e. The molecule has 252 valence electrons. The van der Waals surface area contributed by atoms with Crippen LogP contribution in [-0.2, 0) is 0 Å². The summed E-state index contributed by atoms with van der Waals surface area (Å²) in [7, 11) is 0. The summed E-state index contributed by atoms with van der Waals surface area (Å²) in [5.74, 6) is 5.47. The molecule has 0 N–H and O–H groups in total. The summed E-state index contributed by atoms with van der Waals surface area (Å²) in [5, 5.41) is 0. The van der Waals surface area contributed by atoms with Gasteiger partial charge in [-0.05, 0) is 86.9 Å². The molecule has 0 aromatic heterocycles. The van der Waals surface area contributed by atoms with Gasteiger partial charge < -0.3 is 9.80 Å². The molecule has 1 saturated carbocycles. The molecule has 0 aromatic rings. The summed E-state index contributed by atoms with van der Waals surface area (Å²) in [6, 6.07) is 0. The van der Waals surface area contributed by atoms with Gasteiger partial charge >= 0.3 is 0 Å². The van der Waals surface area contributed by atoms with Crippen LogP contribution in [0.1, 0.15) is 184 Å². The standard InChI is InChI=1S/C40H82N2/c1-9-17-21-35(13-5)29-41(30-36(14-6)22-18-10-2)33-39-25-27-40(28-26-39)34-42(31-37(15-7)23-19-11-3)32-38(16-8)24-20-12-4/h35-40H,9-34H2,1-8H3. The lowest BCUT2D eigenvalue weighted by molar-refractivity contribution is 0.110. The molecule has 4 unspecified atom stereocenters. The molecule has 0 bridgehead atoms. The first-order chi connectivity index (χ1) is 20.5. The number of unbranched alkanes of at least 4 members (excludes halogenated alkanes) is 4. The van der Waals surface area contributed by atoms with Gasteiger partial charge in [0.25, 0.3) is 0 Å². The third kappa shape index (κ3) is 18.0. The summed E-state index contributed by atoms with van der Waals surface area (Å²) in [5.41, 5.74) is 0. The van der Waals surface area contributed by atoms with Gasteiger partial charge in [0.05, 0.1) is 0 Å². The molecule has 1 aliphatic carbocycles. The van der Waals surface area contributed by atoms with Crippen molar-refractivity contribution in [1.82, 2.24) is 9.80 Å². The van der Waals surface area contributed by atoms with Crippen LogP contribution in [0.15, 0.2) is 0 Å². The van der Waals surface area contributed by atoms with Crippen LogP contribution in [0, 0.1) is 35.5 Å². The van der Waals surface area contributed by atoms with E-state index in [9.17, 15) is 0 Å². The van der Waals surface area contributed by atoms with Gasteiger partial charge in [-0.2, -0.15) is 0 Å². The maximum atomic E-state index is 2.98. The van der Waals surface area contributed by atoms with Crippen molar-refractivity contribution < 1.29 is 0 Å². The van der Waals surface area contributed by atoms with E-state index >= 15 is 0 Å². The fraction of sp³-hybridized carbons (Fsp3) is 1.00. The predicted molar refractivity (Wildman–Crippen MR) is 192 cm³/mol. The van der Waals surface area contributed by atoms with Crippen LogP contribution >= 0.6 is 0 Å². The average Bonchev–Trinajstić information content (AvgIpc) is 3.01. The predicted octanol–water partition coefficient (Wildman–Crippen LogP) is 12.3. The third-order valence-electron chi connectivity index (χ3n) is 11.2. The minimum absolute atomic E-state index is 0.900. The Morgan fingerprint density at radius 1 is 0.405 bits per heavy atom. The van der Waals surface area contributed by atoms with E-state index in [0.717, 1.165) is 35.5 Å². The summed E-state index contributed by atoms with van der Waals surface area (Å²) in [6.45, 7) is 27.4. The molecule has 4 atom stereocenters. The molecule has 0 aromatic carbocycles. The summed E-state index contributed by atoms with van der Waals surface area (Å²) >= 11 is 0. The van der Waals surface area contributed by atoms with E-state index in [1.54, 1.807) is 0 Å². The molecule has 1 rings (SSSR count). The number of rotatable bonds is 28. The molecule has 2 nitrogen and oxygen atoms in total. The Kier molecular flexibility index (Phi) is 24.9. The van der Waals surface area contributed by atoms with Crippen molar-refractivity contribution in [3.8, 4) is 0 Å². The quantitative estimate of drug-likeness (QED) is 0.0894. The monoisotopic (exact) mass is 591 g/mol. The SMILES string of the molecule is CCCCC(CC)CN(CC(CC)CCCC)CC1CCC(CN(CC(CC)CCCC)CC(CC)CCCC)CC1. The molecule has 1 aliphatic rings. The van der Waals surface area contributed by atoms with Gasteiger partial charge in [-0.25, -0.2) is 0 Å². The van der Waals surface area contributed by atoms with Crippen LogP contribution in [-0.4, -0.2) is 49.1 Å². The summed E-state index contributed by atoms with van der Waals surface area (Å²) < 4.78 is 0. The van der Waals surface area contributed by atoms with Crippen LogP contribution in [0.3, 0.4) is 0 Å². The second kappa shape index (κ2) is 26.2. The van der Waals surface area contributed by atoms with Crippen molar-refractivity contribution in [3.05, 3.63) is 0 Å². The highest BCUT2D eigenvalue weighted by atomic mass is 15.1. The highest BCUT2D eigenvalue weighted by Crippen LogP contribution is 2.32. The van der Waals surface area contributed by atoms with Crippen molar-refractivity contribution in [1.29, 1.82) is 0 Å². The number of hydrogen-bond acceptors (Lipinski definition) is 2. The van der Waals surface area contributed by atoms with Crippen LogP contribution in [0.25, 0.3) is 0 Å². The van der Waals surface area contributed by atoms with E-state index in [2.05, 4.69) is 65.2 Å². The normalized spacial score (nSPS) is 20.7. The molecule has 2 heteroatoms. The van der Waals surface area contributed by atoms with Crippen molar-refractivity contribution in [2.45, 2.75) is 184 Å². The van der Waals surface area contributed by atoms with E-state index in [4.69, 9.17) is 0 Å². The zero-order valence-electron chi connectivity index (χ0n) is 30.7. The molecule has 0 spiro atoms. The Labute approximate surface area is 267 Å². The smallest absolute Gasteiger partial charge is 0.000989 e. The highest BCUT2D eigenvalue weighted by Gasteiger charge is 2.27. The topological polar surface area (TPSA) is 6.48 Å². The Morgan fingerprint density at radius 3 is 0.833 bits per heavy atom. The molecule has 0 saturated heterocycles. The first-order valence-electron chi connectivity index (χ1n) is 19.9. The minimum Gasteiger partial charge on any atom is -0.303 e. The second-order valence-corrected chi connectivity index (χ2v) is 15.0. The van der Waals surface area contributed by atoms with E-state index in [1.807, 2.05) is 0 Å². The maximum Gasteiger partial charge on any atom is 0.000989 e.